The fraction of sp³-hybridized carbons (Fsp3) is 0. The van der Waals surface area contributed by atoms with Gasteiger partial charge in [-0.15, -0.1) is 0 Å². The first-order valence-electron chi connectivity index (χ1n) is 7.55. The maximum Gasteiger partial charge on any atom is 0.204 e. The predicted octanol–water partition coefficient (Wildman–Crippen LogP) is 4.84. The Bertz CT molecular complexity index is 975. The Balaban J connectivity index is 0.000000421. The molecule has 23 heavy (non-hydrogen) atoms. The zero-order valence-corrected chi connectivity index (χ0v) is 12.5. The van der Waals surface area contributed by atoms with Crippen molar-refractivity contribution in [3.05, 3.63) is 72.8 Å². The van der Waals surface area contributed by atoms with Crippen molar-refractivity contribution in [3.8, 4) is 0 Å². The minimum Gasteiger partial charge on any atom is -0.372 e. The lowest BCUT2D eigenvalue weighted by atomic mass is 9.90. The monoisotopic (exact) mass is 297 g/mol. The lowest BCUT2D eigenvalue weighted by Crippen LogP contribution is -1.85. The van der Waals surface area contributed by atoms with E-state index in [-0.39, 0.29) is 6.41 Å². The number of rotatable bonds is 0. The standard InChI is InChI=1S/C20H12.CH3NO/c1-5-13-6-2-11-17-18-12-4-8-14-7-3-10-16(20(14)18)15(9-1)19(13)17;2-1-3/h1-12H;1H,(H2,2,3). The van der Waals surface area contributed by atoms with E-state index in [0.717, 1.165) is 0 Å². The van der Waals surface area contributed by atoms with Gasteiger partial charge in [-0.1, -0.05) is 72.8 Å². The summed E-state index contributed by atoms with van der Waals surface area (Å²) < 4.78 is 0. The highest BCUT2D eigenvalue weighted by atomic mass is 16.1. The van der Waals surface area contributed by atoms with E-state index in [2.05, 4.69) is 78.5 Å². The van der Waals surface area contributed by atoms with Crippen molar-refractivity contribution in [1.82, 2.24) is 0 Å². The van der Waals surface area contributed by atoms with Gasteiger partial charge in [-0.05, 0) is 43.1 Å². The van der Waals surface area contributed by atoms with E-state index in [9.17, 15) is 0 Å². The molecule has 5 aromatic carbocycles. The van der Waals surface area contributed by atoms with Gasteiger partial charge >= 0.3 is 0 Å². The number of hydrogen-bond acceptors (Lipinski definition) is 1. The molecule has 0 aromatic heterocycles. The van der Waals surface area contributed by atoms with Gasteiger partial charge in [-0.25, -0.2) is 0 Å². The van der Waals surface area contributed by atoms with Crippen LogP contribution in [0.15, 0.2) is 72.8 Å². The summed E-state index contributed by atoms with van der Waals surface area (Å²) in [7, 11) is 0. The van der Waals surface area contributed by atoms with Crippen LogP contribution in [0.5, 0.6) is 0 Å². The highest BCUT2D eigenvalue weighted by Gasteiger charge is 2.11. The number of carbonyl (C=O) groups is 1. The molecule has 0 unspecified atom stereocenters. The van der Waals surface area contributed by atoms with Crippen LogP contribution in [0.4, 0.5) is 0 Å². The normalized spacial score (nSPS) is 11.0. The van der Waals surface area contributed by atoms with Crippen molar-refractivity contribution in [2.75, 3.05) is 0 Å². The summed E-state index contributed by atoms with van der Waals surface area (Å²) in [5, 5.41) is 10.9. The molecule has 2 heteroatoms. The zero-order valence-electron chi connectivity index (χ0n) is 12.5. The first kappa shape index (κ1) is 13.5. The molecule has 2 N–H and O–H groups in total. The van der Waals surface area contributed by atoms with Crippen molar-refractivity contribution in [2.45, 2.75) is 0 Å². The van der Waals surface area contributed by atoms with Crippen LogP contribution in [0.2, 0.25) is 0 Å². The van der Waals surface area contributed by atoms with E-state index in [1.807, 2.05) is 0 Å². The summed E-state index contributed by atoms with van der Waals surface area (Å²) >= 11 is 0. The molecule has 0 heterocycles. The van der Waals surface area contributed by atoms with Crippen LogP contribution < -0.4 is 5.73 Å². The number of nitrogens with two attached hydrogens (primary N) is 1. The second kappa shape index (κ2) is 5.25. The smallest absolute Gasteiger partial charge is 0.204 e. The minimum atomic E-state index is 0.250. The third-order valence-corrected chi connectivity index (χ3v) is 4.39. The number of benzene rings is 5. The van der Waals surface area contributed by atoms with Crippen molar-refractivity contribution in [2.24, 2.45) is 5.73 Å². The molecule has 0 aliphatic heterocycles. The van der Waals surface area contributed by atoms with Crippen LogP contribution in [0, 0.1) is 0 Å². The van der Waals surface area contributed by atoms with Crippen LogP contribution in [0.25, 0.3) is 43.1 Å². The SMILES string of the molecule is NC=O.c1cc2cccc3c4cccc5cccc(c(c1)c23)c54. The summed E-state index contributed by atoms with van der Waals surface area (Å²) in [5.74, 6) is 0. The first-order chi connectivity index (χ1) is 11.3. The molecule has 0 fully saturated rings. The van der Waals surface area contributed by atoms with Crippen molar-refractivity contribution in [3.63, 3.8) is 0 Å². The fourth-order valence-corrected chi connectivity index (χ4v) is 3.58. The van der Waals surface area contributed by atoms with Crippen LogP contribution in [-0.4, -0.2) is 6.41 Å². The molecule has 0 spiro atoms. The van der Waals surface area contributed by atoms with Gasteiger partial charge in [0.1, 0.15) is 0 Å². The van der Waals surface area contributed by atoms with Crippen LogP contribution in [0.1, 0.15) is 0 Å². The third kappa shape index (κ3) is 1.92. The highest BCUT2D eigenvalue weighted by Crippen LogP contribution is 2.39. The molecule has 0 aliphatic carbocycles. The number of primary amides is 1. The van der Waals surface area contributed by atoms with Gasteiger partial charge in [0.05, 0.1) is 0 Å². The summed E-state index contributed by atoms with van der Waals surface area (Å²) in [6.07, 6.45) is 0.250. The molecule has 5 rings (SSSR count). The first-order valence-corrected chi connectivity index (χ1v) is 7.55. The lowest BCUT2D eigenvalue weighted by molar-refractivity contribution is -0.106. The largest absolute Gasteiger partial charge is 0.372 e. The summed E-state index contributed by atoms with van der Waals surface area (Å²) in [5.41, 5.74) is 4.17. The van der Waals surface area contributed by atoms with E-state index in [0.29, 0.717) is 0 Å². The highest BCUT2D eigenvalue weighted by molar-refractivity contribution is 6.32. The number of fused-ring (bicyclic) bond motifs is 2. The van der Waals surface area contributed by atoms with Crippen LogP contribution >= 0.6 is 0 Å². The number of carbonyl (C=O) groups excluding carboxylic acids is 1. The molecule has 0 radical (unpaired) electrons. The van der Waals surface area contributed by atoms with E-state index in [1.54, 1.807) is 0 Å². The molecular formula is C21H15NO. The molecule has 5 aromatic rings. The van der Waals surface area contributed by atoms with Gasteiger partial charge < -0.3 is 5.73 Å². The Hall–Kier alpha value is -3.13. The molecular weight excluding hydrogens is 282 g/mol. The second-order valence-corrected chi connectivity index (χ2v) is 5.55. The molecule has 0 atom stereocenters. The van der Waals surface area contributed by atoms with Crippen molar-refractivity contribution in [1.29, 1.82) is 0 Å². The molecule has 110 valence electrons. The van der Waals surface area contributed by atoms with E-state index < -0.39 is 0 Å². The molecule has 2 nitrogen and oxygen atoms in total. The Morgan fingerprint density at radius 1 is 0.565 bits per heavy atom. The Morgan fingerprint density at radius 3 is 1.09 bits per heavy atom. The number of amides is 1. The van der Waals surface area contributed by atoms with Crippen molar-refractivity contribution >= 4 is 49.5 Å². The maximum atomic E-state index is 8.58. The van der Waals surface area contributed by atoms with Gasteiger partial charge in [-0.3, -0.25) is 4.79 Å². The molecule has 1 amide bonds. The van der Waals surface area contributed by atoms with Gasteiger partial charge in [0.25, 0.3) is 0 Å². The van der Waals surface area contributed by atoms with E-state index >= 15 is 0 Å². The average Bonchev–Trinajstić information content (AvgIpc) is 2.60. The topological polar surface area (TPSA) is 43.1 Å². The average molecular weight is 297 g/mol. The van der Waals surface area contributed by atoms with Crippen LogP contribution in [-0.2, 0) is 4.79 Å². The molecule has 0 saturated heterocycles. The van der Waals surface area contributed by atoms with E-state index in [4.69, 9.17) is 4.79 Å². The predicted molar refractivity (Wildman–Crippen MR) is 97.9 cm³/mol. The van der Waals surface area contributed by atoms with Gasteiger partial charge in [-0.2, -0.15) is 0 Å². The lowest BCUT2D eigenvalue weighted by Gasteiger charge is -2.13. The van der Waals surface area contributed by atoms with Gasteiger partial charge in [0.15, 0.2) is 0 Å². The van der Waals surface area contributed by atoms with E-state index in [1.165, 1.54) is 43.1 Å². The molecule has 0 bridgehead atoms. The molecule has 0 aliphatic rings. The summed E-state index contributed by atoms with van der Waals surface area (Å²) in [6.45, 7) is 0. The second-order valence-electron chi connectivity index (χ2n) is 5.55. The van der Waals surface area contributed by atoms with Crippen LogP contribution in [0.3, 0.4) is 0 Å². The third-order valence-electron chi connectivity index (χ3n) is 4.39. The Morgan fingerprint density at radius 2 is 0.826 bits per heavy atom. The van der Waals surface area contributed by atoms with Gasteiger partial charge in [0, 0.05) is 0 Å². The van der Waals surface area contributed by atoms with Gasteiger partial charge in [0.2, 0.25) is 6.41 Å². The number of hydrogen-bond donors (Lipinski definition) is 1. The minimum absolute atomic E-state index is 0.250. The maximum absolute atomic E-state index is 8.58. The zero-order chi connectivity index (χ0) is 15.8. The fourth-order valence-electron chi connectivity index (χ4n) is 3.58. The quantitative estimate of drug-likeness (QED) is 0.248. The van der Waals surface area contributed by atoms with Crippen molar-refractivity contribution < 1.29 is 4.79 Å². The summed E-state index contributed by atoms with van der Waals surface area (Å²) in [4.78, 5) is 8.58. The summed E-state index contributed by atoms with van der Waals surface area (Å²) in [6, 6.07) is 26.4. The Kier molecular flexibility index (Phi) is 3.09. The molecule has 0 saturated carbocycles. The Labute approximate surface area is 133 Å².